The summed E-state index contributed by atoms with van der Waals surface area (Å²) in [6.07, 6.45) is 9.85. The van der Waals surface area contributed by atoms with Crippen molar-refractivity contribution in [3.63, 3.8) is 0 Å². The number of halogens is 1. The maximum atomic E-state index is 5.75. The number of nitrogens with zero attached hydrogens (tertiary/aromatic N) is 3. The third-order valence-corrected chi connectivity index (χ3v) is 5.18. The fraction of sp³-hybridized carbons (Fsp3) is 0.733. The fourth-order valence-corrected chi connectivity index (χ4v) is 3.75. The number of anilines is 1. The van der Waals surface area contributed by atoms with Gasteiger partial charge in [0.15, 0.2) is 5.82 Å². The number of rotatable bonds is 2. The number of piperidine rings is 1. The third kappa shape index (κ3) is 2.86. The van der Waals surface area contributed by atoms with Crippen molar-refractivity contribution in [3.8, 4) is 0 Å². The first-order valence-corrected chi connectivity index (χ1v) is 7.98. The van der Waals surface area contributed by atoms with Gasteiger partial charge < -0.3 is 4.90 Å². The van der Waals surface area contributed by atoms with Crippen LogP contribution in [0.3, 0.4) is 0 Å². The molecule has 2 aliphatic rings. The molecule has 1 aromatic heterocycles. The summed E-state index contributed by atoms with van der Waals surface area (Å²) in [4.78, 5) is 2.38. The van der Waals surface area contributed by atoms with Crippen molar-refractivity contribution in [1.29, 1.82) is 0 Å². The standard InChI is InChI=1S/C15H22ClN3/c16-12-13-4-5-14(18-17-13)19-10-8-15(9-11-19)6-2-1-3-7-15/h4-5H,1-3,6-12H2. The van der Waals surface area contributed by atoms with E-state index in [0.29, 0.717) is 11.3 Å². The molecule has 0 radical (unpaired) electrons. The second kappa shape index (κ2) is 5.66. The van der Waals surface area contributed by atoms with E-state index in [4.69, 9.17) is 11.6 Å². The molecule has 1 spiro atoms. The lowest BCUT2D eigenvalue weighted by molar-refractivity contribution is 0.144. The van der Waals surface area contributed by atoms with Gasteiger partial charge in [-0.15, -0.1) is 16.7 Å². The Morgan fingerprint density at radius 2 is 1.74 bits per heavy atom. The SMILES string of the molecule is ClCc1ccc(N2CCC3(CCCCC3)CC2)nn1. The lowest BCUT2D eigenvalue weighted by Gasteiger charge is -2.44. The number of aromatic nitrogens is 2. The first-order valence-electron chi connectivity index (χ1n) is 7.45. The molecule has 104 valence electrons. The van der Waals surface area contributed by atoms with E-state index >= 15 is 0 Å². The van der Waals surface area contributed by atoms with Crippen LogP contribution in [0.15, 0.2) is 12.1 Å². The highest BCUT2D eigenvalue weighted by molar-refractivity contribution is 6.16. The van der Waals surface area contributed by atoms with E-state index in [1.54, 1.807) is 0 Å². The zero-order chi connectivity index (χ0) is 13.1. The van der Waals surface area contributed by atoms with Crippen molar-refractivity contribution in [1.82, 2.24) is 10.2 Å². The van der Waals surface area contributed by atoms with Gasteiger partial charge in [0.2, 0.25) is 0 Å². The van der Waals surface area contributed by atoms with Gasteiger partial charge in [0.05, 0.1) is 11.6 Å². The van der Waals surface area contributed by atoms with E-state index in [0.717, 1.165) is 24.6 Å². The van der Waals surface area contributed by atoms with Crippen molar-refractivity contribution in [3.05, 3.63) is 17.8 Å². The Balaban J connectivity index is 1.62. The van der Waals surface area contributed by atoms with E-state index in [1.165, 1.54) is 44.9 Å². The van der Waals surface area contributed by atoms with E-state index in [2.05, 4.69) is 21.2 Å². The van der Waals surface area contributed by atoms with Crippen LogP contribution in [-0.2, 0) is 5.88 Å². The van der Waals surface area contributed by atoms with Crippen LogP contribution in [0.2, 0.25) is 0 Å². The zero-order valence-electron chi connectivity index (χ0n) is 11.4. The molecule has 1 saturated carbocycles. The summed E-state index contributed by atoms with van der Waals surface area (Å²) in [6, 6.07) is 4.05. The van der Waals surface area contributed by atoms with Gasteiger partial charge in [0, 0.05) is 13.1 Å². The van der Waals surface area contributed by atoms with E-state index in [9.17, 15) is 0 Å². The molecular weight excluding hydrogens is 258 g/mol. The summed E-state index contributed by atoms with van der Waals surface area (Å²) in [5.74, 6) is 1.45. The predicted octanol–water partition coefficient (Wildman–Crippen LogP) is 3.77. The van der Waals surface area contributed by atoms with Crippen molar-refractivity contribution in [2.24, 2.45) is 5.41 Å². The molecule has 4 heteroatoms. The third-order valence-electron chi connectivity index (χ3n) is 4.90. The van der Waals surface area contributed by atoms with Crippen LogP contribution in [0, 0.1) is 5.41 Å². The van der Waals surface area contributed by atoms with Crippen LogP contribution < -0.4 is 4.90 Å². The normalized spacial score (nSPS) is 22.7. The number of hydrogen-bond donors (Lipinski definition) is 0. The molecule has 0 bridgehead atoms. The minimum absolute atomic E-state index is 0.441. The molecule has 1 aromatic rings. The monoisotopic (exact) mass is 279 g/mol. The highest BCUT2D eigenvalue weighted by Gasteiger charge is 2.35. The summed E-state index contributed by atoms with van der Waals surface area (Å²) in [5.41, 5.74) is 1.50. The van der Waals surface area contributed by atoms with Gasteiger partial charge in [0.1, 0.15) is 0 Å². The Bertz CT molecular complexity index is 402. The number of alkyl halides is 1. The van der Waals surface area contributed by atoms with Crippen LogP contribution in [0.25, 0.3) is 0 Å². The van der Waals surface area contributed by atoms with Gasteiger partial charge in [-0.25, -0.2) is 0 Å². The van der Waals surface area contributed by atoms with Crippen LogP contribution >= 0.6 is 11.6 Å². The molecule has 2 heterocycles. The molecule has 19 heavy (non-hydrogen) atoms. The van der Waals surface area contributed by atoms with Gasteiger partial charge in [-0.05, 0) is 43.2 Å². The largest absolute Gasteiger partial charge is 0.355 e. The zero-order valence-corrected chi connectivity index (χ0v) is 12.2. The molecule has 0 amide bonds. The molecule has 1 saturated heterocycles. The van der Waals surface area contributed by atoms with Crippen LogP contribution in [0.1, 0.15) is 50.6 Å². The van der Waals surface area contributed by atoms with E-state index < -0.39 is 0 Å². The molecule has 0 aromatic carbocycles. The van der Waals surface area contributed by atoms with E-state index in [-0.39, 0.29) is 0 Å². The van der Waals surface area contributed by atoms with Gasteiger partial charge in [-0.2, -0.15) is 5.10 Å². The highest BCUT2D eigenvalue weighted by Crippen LogP contribution is 2.44. The molecule has 1 aliphatic carbocycles. The summed E-state index contributed by atoms with van der Waals surface area (Å²) in [5, 5.41) is 8.45. The maximum absolute atomic E-state index is 5.75. The first kappa shape index (κ1) is 13.2. The van der Waals surface area contributed by atoms with Crippen molar-refractivity contribution >= 4 is 17.4 Å². The van der Waals surface area contributed by atoms with Gasteiger partial charge in [-0.3, -0.25) is 0 Å². The number of hydrogen-bond acceptors (Lipinski definition) is 3. The summed E-state index contributed by atoms with van der Waals surface area (Å²) in [6.45, 7) is 2.27. The summed E-state index contributed by atoms with van der Waals surface area (Å²) >= 11 is 5.75. The van der Waals surface area contributed by atoms with Crippen LogP contribution in [-0.4, -0.2) is 23.3 Å². The van der Waals surface area contributed by atoms with Gasteiger partial charge >= 0.3 is 0 Å². The summed E-state index contributed by atoms with van der Waals surface area (Å²) in [7, 11) is 0. The highest BCUT2D eigenvalue weighted by atomic mass is 35.5. The lowest BCUT2D eigenvalue weighted by Crippen LogP contribution is -2.41. The van der Waals surface area contributed by atoms with Gasteiger partial charge in [0.25, 0.3) is 0 Å². The Labute approximate surface area is 120 Å². The first-order chi connectivity index (χ1) is 9.31. The van der Waals surface area contributed by atoms with Crippen molar-refractivity contribution in [2.45, 2.75) is 50.8 Å². The molecule has 0 unspecified atom stereocenters. The lowest BCUT2D eigenvalue weighted by atomic mass is 9.68. The van der Waals surface area contributed by atoms with Crippen LogP contribution in [0.4, 0.5) is 5.82 Å². The van der Waals surface area contributed by atoms with Gasteiger partial charge in [-0.1, -0.05) is 19.3 Å². The predicted molar refractivity (Wildman–Crippen MR) is 78.6 cm³/mol. The molecule has 0 atom stereocenters. The fourth-order valence-electron chi connectivity index (χ4n) is 3.60. The smallest absolute Gasteiger partial charge is 0.151 e. The van der Waals surface area contributed by atoms with Crippen molar-refractivity contribution < 1.29 is 0 Å². The minimum Gasteiger partial charge on any atom is -0.355 e. The minimum atomic E-state index is 0.441. The molecule has 3 nitrogen and oxygen atoms in total. The second-order valence-corrected chi connectivity index (χ2v) is 6.33. The molecule has 2 fully saturated rings. The summed E-state index contributed by atoms with van der Waals surface area (Å²) < 4.78 is 0. The Kier molecular flexibility index (Phi) is 3.92. The quantitative estimate of drug-likeness (QED) is 0.772. The Morgan fingerprint density at radius 1 is 1.00 bits per heavy atom. The molecular formula is C15H22ClN3. The second-order valence-electron chi connectivity index (χ2n) is 6.06. The molecule has 3 rings (SSSR count). The Morgan fingerprint density at radius 3 is 2.32 bits per heavy atom. The van der Waals surface area contributed by atoms with E-state index in [1.807, 2.05) is 6.07 Å². The molecule has 1 aliphatic heterocycles. The topological polar surface area (TPSA) is 29.0 Å². The average molecular weight is 280 g/mol. The van der Waals surface area contributed by atoms with Crippen molar-refractivity contribution in [2.75, 3.05) is 18.0 Å². The maximum Gasteiger partial charge on any atom is 0.151 e. The average Bonchev–Trinajstić information content (AvgIpc) is 2.49. The van der Waals surface area contributed by atoms with Crippen LogP contribution in [0.5, 0.6) is 0 Å². The Hall–Kier alpha value is -0.830. The molecule has 0 N–H and O–H groups in total.